The molecular weight excluding hydrogens is 509 g/mol. The molecule has 0 fully saturated rings. The number of nitrogens with zero attached hydrogens (tertiary/aromatic N) is 4. The van der Waals surface area contributed by atoms with Gasteiger partial charge >= 0.3 is 5.97 Å². The van der Waals surface area contributed by atoms with Gasteiger partial charge in [-0.1, -0.05) is 6.07 Å². The van der Waals surface area contributed by atoms with Gasteiger partial charge in [-0.2, -0.15) is 5.10 Å². The fraction of sp³-hybridized carbons (Fsp3) is 0.444. The Morgan fingerprint density at radius 1 is 1.26 bits per heavy atom. The van der Waals surface area contributed by atoms with Crippen LogP contribution in [-0.2, 0) is 23.1 Å². The second-order valence-corrected chi connectivity index (χ2v) is 10.0. The van der Waals surface area contributed by atoms with Crippen molar-refractivity contribution in [2.75, 3.05) is 27.0 Å². The lowest BCUT2D eigenvalue weighted by Gasteiger charge is -2.29. The third-order valence-corrected chi connectivity index (χ3v) is 5.83. The summed E-state index contributed by atoms with van der Waals surface area (Å²) in [6, 6.07) is 5.48. The summed E-state index contributed by atoms with van der Waals surface area (Å²) in [5, 5.41) is 15.1. The highest BCUT2D eigenvalue weighted by molar-refractivity contribution is 5.91. The number of esters is 1. The molecule has 0 aliphatic rings. The number of benzene rings is 1. The van der Waals surface area contributed by atoms with E-state index in [2.05, 4.69) is 10.1 Å². The maximum atomic E-state index is 13.8. The van der Waals surface area contributed by atoms with E-state index in [1.54, 1.807) is 42.9 Å². The lowest BCUT2D eigenvalue weighted by molar-refractivity contribution is -0.235. The number of carbonyl (C=O) groups excluding carboxylic acids is 1. The molecule has 11 nitrogen and oxygen atoms in total. The number of nitrogens with two attached hydrogens (primary N) is 1. The molecule has 2 atom stereocenters. The van der Waals surface area contributed by atoms with Crippen LogP contribution in [0.2, 0.25) is 0 Å². The summed E-state index contributed by atoms with van der Waals surface area (Å²) in [6.07, 6.45) is -0.310. The molecule has 0 amide bonds. The van der Waals surface area contributed by atoms with Crippen LogP contribution in [0.25, 0.3) is 11.1 Å². The van der Waals surface area contributed by atoms with Gasteiger partial charge in [0.25, 0.3) is 0 Å². The number of rotatable bonds is 10. The average molecular weight is 546 g/mol. The second-order valence-electron chi connectivity index (χ2n) is 10.0. The van der Waals surface area contributed by atoms with Crippen LogP contribution < -0.4 is 15.2 Å². The molecule has 2 unspecified atom stereocenters. The summed E-state index contributed by atoms with van der Waals surface area (Å²) in [5.74, 6) is -0.453. The predicted molar refractivity (Wildman–Crippen MR) is 142 cm³/mol. The van der Waals surface area contributed by atoms with E-state index in [-0.39, 0.29) is 23.7 Å². The molecule has 0 saturated carbocycles. The lowest BCUT2D eigenvalue weighted by atomic mass is 10.0. The minimum atomic E-state index is -1.17. The first-order valence-corrected chi connectivity index (χ1v) is 12.2. The number of aryl methyl sites for hydroxylation is 1. The minimum absolute atomic E-state index is 0.0444. The number of aliphatic hydroxyl groups is 1. The first kappa shape index (κ1) is 29.8. The summed E-state index contributed by atoms with van der Waals surface area (Å²) in [7, 11) is 6.19. The molecule has 39 heavy (non-hydrogen) atoms. The minimum Gasteiger partial charge on any atom is -0.482 e. The summed E-state index contributed by atoms with van der Waals surface area (Å²) < 4.78 is 37.6. The van der Waals surface area contributed by atoms with Crippen molar-refractivity contribution in [3.05, 3.63) is 53.1 Å². The van der Waals surface area contributed by atoms with E-state index < -0.39 is 29.9 Å². The van der Waals surface area contributed by atoms with Crippen LogP contribution in [0.15, 0.2) is 30.5 Å². The third-order valence-electron chi connectivity index (χ3n) is 5.83. The molecule has 212 valence electrons. The number of pyridine rings is 1. The van der Waals surface area contributed by atoms with Crippen LogP contribution >= 0.6 is 0 Å². The van der Waals surface area contributed by atoms with E-state index in [1.165, 1.54) is 26.4 Å². The average Bonchev–Trinajstić information content (AvgIpc) is 3.17. The fourth-order valence-electron chi connectivity index (χ4n) is 4.03. The van der Waals surface area contributed by atoms with Crippen molar-refractivity contribution in [2.24, 2.45) is 7.05 Å². The van der Waals surface area contributed by atoms with Crippen LogP contribution in [0.5, 0.6) is 11.6 Å². The number of carbonyl (C=O) groups is 1. The standard InChI is InChI=1S/C27H36FN5O6/c1-15(18-10-9-17(28)12-19(18)25(34)37-8)38-21-11-16(13-30-23(21)29)22-20(31-33(6)24(22)36-7)14-32(5)26(35)39-27(2,3)4/h9-13,15,26,35H,14H2,1-8H3,(H2,29,30). The molecule has 3 aromatic rings. The Hall–Kier alpha value is -3.74. The molecule has 0 aliphatic heterocycles. The number of halogens is 1. The zero-order valence-electron chi connectivity index (χ0n) is 23.5. The number of hydrogen-bond donors (Lipinski definition) is 2. The highest BCUT2D eigenvalue weighted by Gasteiger charge is 2.26. The van der Waals surface area contributed by atoms with Crippen molar-refractivity contribution in [1.82, 2.24) is 19.7 Å². The molecule has 0 saturated heterocycles. The SMILES string of the molecule is COC(=O)c1cc(F)ccc1C(C)Oc1cc(-c2c(CN(C)C(O)OC(C)(C)C)nn(C)c2OC)cnc1N. The predicted octanol–water partition coefficient (Wildman–Crippen LogP) is 3.66. The van der Waals surface area contributed by atoms with E-state index in [0.29, 0.717) is 28.3 Å². The number of methoxy groups -OCH3 is 2. The maximum Gasteiger partial charge on any atom is 0.338 e. The highest BCUT2D eigenvalue weighted by atomic mass is 19.1. The Kier molecular flexibility index (Phi) is 9.15. The summed E-state index contributed by atoms with van der Waals surface area (Å²) in [6.45, 7) is 7.47. The van der Waals surface area contributed by atoms with E-state index in [0.717, 1.165) is 6.07 Å². The van der Waals surface area contributed by atoms with Gasteiger partial charge in [0.15, 0.2) is 11.6 Å². The summed E-state index contributed by atoms with van der Waals surface area (Å²) in [5.41, 5.74) is 7.85. The number of nitrogen functional groups attached to an aromatic ring is 1. The fourth-order valence-corrected chi connectivity index (χ4v) is 4.03. The Labute approximate surface area is 227 Å². The number of aliphatic hydroxyl groups excluding tert-OH is 1. The molecular formula is C27H36FN5O6. The van der Waals surface area contributed by atoms with E-state index in [9.17, 15) is 14.3 Å². The molecule has 0 aliphatic carbocycles. The van der Waals surface area contributed by atoms with Crippen LogP contribution in [-0.4, -0.2) is 64.0 Å². The van der Waals surface area contributed by atoms with Crippen molar-refractivity contribution < 1.29 is 33.2 Å². The summed E-state index contributed by atoms with van der Waals surface area (Å²) in [4.78, 5) is 18.1. The van der Waals surface area contributed by atoms with Crippen LogP contribution in [0.4, 0.5) is 10.2 Å². The number of aromatic nitrogens is 3. The molecule has 2 aromatic heterocycles. The molecule has 1 aromatic carbocycles. The molecule has 3 rings (SSSR count). The van der Waals surface area contributed by atoms with Gasteiger partial charge in [-0.25, -0.2) is 18.9 Å². The second kappa shape index (κ2) is 12.0. The Morgan fingerprint density at radius 2 is 1.95 bits per heavy atom. The van der Waals surface area contributed by atoms with Crippen molar-refractivity contribution >= 4 is 11.8 Å². The Bertz CT molecular complexity index is 1320. The van der Waals surface area contributed by atoms with Gasteiger partial charge in [0, 0.05) is 30.9 Å². The van der Waals surface area contributed by atoms with Crippen molar-refractivity contribution in [3.63, 3.8) is 0 Å². The van der Waals surface area contributed by atoms with Gasteiger partial charge in [-0.3, -0.25) is 4.90 Å². The monoisotopic (exact) mass is 545 g/mol. The number of ether oxygens (including phenoxy) is 4. The zero-order valence-corrected chi connectivity index (χ0v) is 23.5. The van der Waals surface area contributed by atoms with Crippen LogP contribution in [0.1, 0.15) is 55.4 Å². The largest absolute Gasteiger partial charge is 0.482 e. The van der Waals surface area contributed by atoms with Crippen molar-refractivity contribution in [1.29, 1.82) is 0 Å². The number of anilines is 1. The van der Waals surface area contributed by atoms with E-state index in [1.807, 2.05) is 20.8 Å². The van der Waals surface area contributed by atoms with E-state index in [4.69, 9.17) is 24.7 Å². The normalized spacial score (nSPS) is 13.3. The van der Waals surface area contributed by atoms with Gasteiger partial charge in [-0.15, -0.1) is 0 Å². The molecule has 12 heteroatoms. The van der Waals surface area contributed by atoms with Crippen LogP contribution in [0.3, 0.4) is 0 Å². The lowest BCUT2D eigenvalue weighted by Crippen LogP contribution is -2.39. The first-order chi connectivity index (χ1) is 18.2. The highest BCUT2D eigenvalue weighted by Crippen LogP contribution is 2.38. The molecule has 0 radical (unpaired) electrons. The maximum absolute atomic E-state index is 13.8. The smallest absolute Gasteiger partial charge is 0.338 e. The molecule has 0 spiro atoms. The van der Waals surface area contributed by atoms with Crippen molar-refractivity contribution in [2.45, 2.75) is 52.4 Å². The van der Waals surface area contributed by atoms with Crippen LogP contribution in [0, 0.1) is 5.82 Å². The molecule has 2 heterocycles. The molecule has 3 N–H and O–H groups in total. The Balaban J connectivity index is 1.98. The first-order valence-electron chi connectivity index (χ1n) is 12.2. The quantitative estimate of drug-likeness (QED) is 0.287. The van der Waals surface area contributed by atoms with Gasteiger partial charge in [0.2, 0.25) is 12.3 Å². The van der Waals surface area contributed by atoms with Gasteiger partial charge in [0.05, 0.1) is 36.6 Å². The van der Waals surface area contributed by atoms with Crippen molar-refractivity contribution in [3.8, 4) is 22.8 Å². The van der Waals surface area contributed by atoms with Gasteiger partial charge < -0.3 is 29.8 Å². The summed E-state index contributed by atoms with van der Waals surface area (Å²) >= 11 is 0. The molecule has 0 bridgehead atoms. The Morgan fingerprint density at radius 3 is 2.56 bits per heavy atom. The third kappa shape index (κ3) is 7.02. The van der Waals surface area contributed by atoms with Gasteiger partial charge in [0.1, 0.15) is 11.9 Å². The number of hydrogen-bond acceptors (Lipinski definition) is 10. The topological polar surface area (TPSA) is 134 Å². The van der Waals surface area contributed by atoms with Gasteiger partial charge in [-0.05, 0) is 52.9 Å². The zero-order chi connectivity index (χ0) is 29.1. The van der Waals surface area contributed by atoms with E-state index >= 15 is 0 Å².